The normalized spacial score (nSPS) is 37.1. The molecule has 0 bridgehead atoms. The fraction of sp³-hybridized carbons (Fsp3) is 0.800. The van der Waals surface area contributed by atoms with E-state index < -0.39 is 23.9 Å². The van der Waals surface area contributed by atoms with Crippen LogP contribution in [0.3, 0.4) is 0 Å². The summed E-state index contributed by atoms with van der Waals surface area (Å²) in [5.74, 6) is 1.98. The van der Waals surface area contributed by atoms with Gasteiger partial charge in [0.15, 0.2) is 0 Å². The van der Waals surface area contributed by atoms with Crippen molar-refractivity contribution in [1.82, 2.24) is 0 Å². The van der Waals surface area contributed by atoms with Gasteiger partial charge in [-0.25, -0.2) is 0 Å². The molecule has 3 aliphatic rings. The van der Waals surface area contributed by atoms with Gasteiger partial charge in [-0.2, -0.15) is 0 Å². The number of fused-ring (bicyclic) bond motifs is 1. The minimum absolute atomic E-state index is 0.0269. The predicted octanol–water partition coefficient (Wildman–Crippen LogP) is 5.08. The van der Waals surface area contributed by atoms with Gasteiger partial charge in [0.1, 0.15) is 12.2 Å². The van der Waals surface area contributed by atoms with Gasteiger partial charge < -0.3 is 25.2 Å². The third-order valence-electron chi connectivity index (χ3n) is 9.17. The first kappa shape index (κ1) is 28.6. The Hall–Kier alpha value is -0.980. The monoisotopic (exact) mass is 490 g/mol. The lowest BCUT2D eigenvalue weighted by molar-refractivity contribution is -0.0968. The Balaban J connectivity index is 1.67. The Morgan fingerprint density at radius 3 is 2.63 bits per heavy atom. The van der Waals surface area contributed by atoms with Gasteiger partial charge in [-0.05, 0) is 93.1 Å². The van der Waals surface area contributed by atoms with E-state index in [4.69, 9.17) is 9.84 Å². The van der Waals surface area contributed by atoms with Crippen molar-refractivity contribution in [2.24, 2.45) is 23.2 Å². The Morgan fingerprint density at radius 1 is 1.20 bits per heavy atom. The molecule has 5 nitrogen and oxygen atoms in total. The maximum Gasteiger partial charge on any atom is 0.114 e. The molecule has 0 radical (unpaired) electrons. The second kappa shape index (κ2) is 12.0. The van der Waals surface area contributed by atoms with E-state index in [0.717, 1.165) is 30.8 Å². The molecule has 1 unspecified atom stereocenters. The summed E-state index contributed by atoms with van der Waals surface area (Å²) in [6.07, 6.45) is 12.1. The first-order chi connectivity index (χ1) is 16.5. The SMILES string of the molecule is C=C1/C(=C\C=C2/CCC[C@]3(C)[C@@H]([C@H](C)CCCC(C)(C)O)CC[C@@H]23)C[C@@H](O)C(OCCCO)[C@@H]1O. The number of aliphatic hydroxyl groups excluding tert-OH is 3. The minimum Gasteiger partial charge on any atom is -0.396 e. The number of hydrogen-bond donors (Lipinski definition) is 4. The van der Waals surface area contributed by atoms with E-state index in [1.807, 2.05) is 13.8 Å². The maximum absolute atomic E-state index is 10.7. The lowest BCUT2D eigenvalue weighted by Crippen LogP contribution is -2.45. The van der Waals surface area contributed by atoms with Gasteiger partial charge in [-0.15, -0.1) is 0 Å². The average Bonchev–Trinajstić information content (AvgIpc) is 3.14. The van der Waals surface area contributed by atoms with E-state index in [1.165, 1.54) is 37.7 Å². The summed E-state index contributed by atoms with van der Waals surface area (Å²) in [6, 6.07) is 0. The van der Waals surface area contributed by atoms with Crippen LogP contribution in [0.4, 0.5) is 0 Å². The fourth-order valence-electron chi connectivity index (χ4n) is 7.21. The Kier molecular flexibility index (Phi) is 9.84. The van der Waals surface area contributed by atoms with Gasteiger partial charge in [0.05, 0.1) is 11.7 Å². The van der Waals surface area contributed by atoms with Crippen LogP contribution in [0.5, 0.6) is 0 Å². The smallest absolute Gasteiger partial charge is 0.114 e. The summed E-state index contributed by atoms with van der Waals surface area (Å²) in [5.41, 5.74) is 2.79. The summed E-state index contributed by atoms with van der Waals surface area (Å²) in [7, 11) is 0. The van der Waals surface area contributed by atoms with Gasteiger partial charge in [0.25, 0.3) is 0 Å². The number of ether oxygens (including phenoxy) is 1. The Morgan fingerprint density at radius 2 is 1.94 bits per heavy atom. The van der Waals surface area contributed by atoms with Crippen LogP contribution >= 0.6 is 0 Å². The molecule has 7 atom stereocenters. The highest BCUT2D eigenvalue weighted by molar-refractivity contribution is 5.40. The second-order valence-corrected chi connectivity index (χ2v) is 12.4. The minimum atomic E-state index is -0.931. The molecule has 3 fully saturated rings. The molecule has 3 aliphatic carbocycles. The molecule has 0 spiro atoms. The van der Waals surface area contributed by atoms with Crippen molar-refractivity contribution in [3.8, 4) is 0 Å². The molecule has 0 aromatic rings. The lowest BCUT2D eigenvalue weighted by Gasteiger charge is -2.44. The summed E-state index contributed by atoms with van der Waals surface area (Å²) in [5, 5.41) is 40.4. The van der Waals surface area contributed by atoms with Crippen LogP contribution in [0, 0.1) is 23.2 Å². The quantitative estimate of drug-likeness (QED) is 0.321. The molecule has 5 heteroatoms. The zero-order valence-electron chi connectivity index (χ0n) is 22.5. The molecule has 0 saturated heterocycles. The van der Waals surface area contributed by atoms with Crippen molar-refractivity contribution < 1.29 is 25.2 Å². The predicted molar refractivity (Wildman–Crippen MR) is 141 cm³/mol. The van der Waals surface area contributed by atoms with Crippen molar-refractivity contribution in [3.05, 3.63) is 35.5 Å². The van der Waals surface area contributed by atoms with Gasteiger partial charge >= 0.3 is 0 Å². The van der Waals surface area contributed by atoms with Crippen molar-refractivity contribution in [2.45, 2.75) is 116 Å². The molecule has 200 valence electrons. The fourth-order valence-corrected chi connectivity index (χ4v) is 7.21. The number of allylic oxidation sites excluding steroid dienone is 3. The van der Waals surface area contributed by atoms with E-state index in [9.17, 15) is 15.3 Å². The largest absolute Gasteiger partial charge is 0.396 e. The second-order valence-electron chi connectivity index (χ2n) is 12.4. The van der Waals surface area contributed by atoms with E-state index in [-0.39, 0.29) is 6.61 Å². The van der Waals surface area contributed by atoms with Gasteiger partial charge in [0.2, 0.25) is 0 Å². The standard InChI is InChI=1S/C30H50O5/c1-20(9-6-15-29(3,4)34)24-13-14-25-22(10-7-16-30(24,25)5)11-12-23-19-26(32)28(27(33)21(23)2)35-18-8-17-31/h11-12,20,24-28,31-34H,2,6-10,13-19H2,1,3-5H3/b22-11+,23-12-/t20-,24-,25+,26-,27-,28?,30-/m1/s1. The summed E-state index contributed by atoms with van der Waals surface area (Å²) in [6.45, 7) is 13.2. The zero-order valence-corrected chi connectivity index (χ0v) is 22.5. The zero-order chi connectivity index (χ0) is 25.8. The van der Waals surface area contributed by atoms with E-state index in [2.05, 4.69) is 32.6 Å². The summed E-state index contributed by atoms with van der Waals surface area (Å²) in [4.78, 5) is 0. The van der Waals surface area contributed by atoms with Crippen LogP contribution < -0.4 is 0 Å². The highest BCUT2D eigenvalue weighted by atomic mass is 16.5. The number of rotatable bonds is 10. The van der Waals surface area contributed by atoms with Crippen molar-refractivity contribution in [3.63, 3.8) is 0 Å². The molecular weight excluding hydrogens is 440 g/mol. The highest BCUT2D eigenvalue weighted by Gasteiger charge is 2.50. The van der Waals surface area contributed by atoms with Gasteiger partial charge in [-0.1, -0.05) is 51.0 Å². The Labute approximate surface area is 213 Å². The molecule has 0 aromatic carbocycles. The van der Waals surface area contributed by atoms with Crippen LogP contribution in [-0.2, 0) is 4.74 Å². The third-order valence-corrected chi connectivity index (χ3v) is 9.17. The van der Waals surface area contributed by atoms with Crippen molar-refractivity contribution >= 4 is 0 Å². The molecule has 4 N–H and O–H groups in total. The summed E-state index contributed by atoms with van der Waals surface area (Å²) >= 11 is 0. The topological polar surface area (TPSA) is 90.2 Å². The molecule has 0 aliphatic heterocycles. The van der Waals surface area contributed by atoms with Crippen LogP contribution in [0.1, 0.15) is 91.9 Å². The van der Waals surface area contributed by atoms with Gasteiger partial charge in [0, 0.05) is 19.6 Å². The molecule has 3 rings (SSSR count). The number of hydrogen-bond acceptors (Lipinski definition) is 5. The molecule has 0 aromatic heterocycles. The number of aliphatic hydroxyl groups is 4. The summed E-state index contributed by atoms with van der Waals surface area (Å²) < 4.78 is 5.63. The van der Waals surface area contributed by atoms with Crippen molar-refractivity contribution in [2.75, 3.05) is 13.2 Å². The maximum atomic E-state index is 10.7. The van der Waals surface area contributed by atoms with Crippen LogP contribution in [-0.4, -0.2) is 57.6 Å². The van der Waals surface area contributed by atoms with E-state index >= 15 is 0 Å². The molecule has 0 amide bonds. The molecular formula is C30H50O5. The Bertz CT molecular complexity index is 778. The molecule has 0 heterocycles. The van der Waals surface area contributed by atoms with Crippen LogP contribution in [0.25, 0.3) is 0 Å². The van der Waals surface area contributed by atoms with Crippen LogP contribution in [0.2, 0.25) is 0 Å². The lowest BCUT2D eigenvalue weighted by atomic mass is 9.60. The van der Waals surface area contributed by atoms with E-state index in [0.29, 0.717) is 42.3 Å². The molecule has 35 heavy (non-hydrogen) atoms. The van der Waals surface area contributed by atoms with Crippen LogP contribution in [0.15, 0.2) is 35.5 Å². The van der Waals surface area contributed by atoms with E-state index in [1.54, 1.807) is 0 Å². The first-order valence-electron chi connectivity index (χ1n) is 13.9. The highest BCUT2D eigenvalue weighted by Crippen LogP contribution is 2.60. The first-order valence-corrected chi connectivity index (χ1v) is 13.9. The third kappa shape index (κ3) is 6.87. The van der Waals surface area contributed by atoms with Gasteiger partial charge in [-0.3, -0.25) is 0 Å². The van der Waals surface area contributed by atoms with Crippen molar-refractivity contribution in [1.29, 1.82) is 0 Å². The molecule has 3 saturated carbocycles. The average molecular weight is 491 g/mol.